The van der Waals surface area contributed by atoms with Gasteiger partial charge in [-0.2, -0.15) is 0 Å². The summed E-state index contributed by atoms with van der Waals surface area (Å²) in [6, 6.07) is 14.6. The molecular weight excluding hydrogens is 496 g/mol. The Hall–Kier alpha value is -3.68. The molecule has 1 N–H and O–H groups in total. The van der Waals surface area contributed by atoms with Gasteiger partial charge in [0.2, 0.25) is 0 Å². The zero-order valence-corrected chi connectivity index (χ0v) is 23.1. The normalized spacial score (nSPS) is 21.7. The molecule has 1 saturated carbocycles. The van der Waals surface area contributed by atoms with Crippen LogP contribution in [0.15, 0.2) is 48.5 Å². The third-order valence-corrected chi connectivity index (χ3v) is 8.42. The van der Waals surface area contributed by atoms with E-state index in [-0.39, 0.29) is 17.4 Å². The van der Waals surface area contributed by atoms with Gasteiger partial charge in [-0.1, -0.05) is 68.8 Å². The highest BCUT2D eigenvalue weighted by Gasteiger charge is 2.33. The van der Waals surface area contributed by atoms with Crippen LogP contribution >= 0.6 is 0 Å². The monoisotopic (exact) mass is 531 g/mol. The molecule has 204 valence electrons. The van der Waals surface area contributed by atoms with Crippen LogP contribution in [0.25, 0.3) is 22.6 Å². The average Bonchev–Trinajstić information content (AvgIpc) is 3.27. The van der Waals surface area contributed by atoms with Gasteiger partial charge in [0.1, 0.15) is 11.3 Å². The number of halogens is 2. The van der Waals surface area contributed by atoms with Crippen molar-refractivity contribution in [1.29, 1.82) is 0 Å². The van der Waals surface area contributed by atoms with Gasteiger partial charge in [-0.3, -0.25) is 4.79 Å². The molecule has 2 heterocycles. The number of nitrogens with one attached hydrogen (secondary N) is 1. The second kappa shape index (κ2) is 10.5. The number of anilines is 1. The molecule has 6 nitrogen and oxygen atoms in total. The number of aromatic nitrogens is 4. The van der Waals surface area contributed by atoms with Crippen LogP contribution in [0, 0.1) is 24.7 Å². The predicted molar refractivity (Wildman–Crippen MR) is 150 cm³/mol. The number of hydrogen-bond donors (Lipinski definition) is 1. The maximum atomic E-state index is 13.9. The molecule has 1 aliphatic carbocycles. The maximum Gasteiger partial charge on any atom is 0.270 e. The van der Waals surface area contributed by atoms with Gasteiger partial charge in [0.05, 0.1) is 0 Å². The Kier molecular flexibility index (Phi) is 7.23. The standard InChI is InChI=1S/C31H35F2N5O/c1-18-7-6-8-23(15-18)30-37-29-27(38(30)16-22-10-12-24(13-11-22)31(5,32)33)28(35-26(17-39)36-29)34-25-14-9-19(2)20(3)21(25)4/h6-8,10-13,15,17,19-21,25H,9,14,16H2,1-5H3,(H,34,35,36). The lowest BCUT2D eigenvalue weighted by Crippen LogP contribution is -2.39. The molecule has 5 rings (SSSR count). The molecule has 0 spiro atoms. The lowest BCUT2D eigenvalue weighted by atomic mass is 9.72. The summed E-state index contributed by atoms with van der Waals surface area (Å²) in [6.07, 6.45) is 2.76. The Bertz CT molecular complexity index is 1490. The first-order valence-electron chi connectivity index (χ1n) is 13.6. The van der Waals surface area contributed by atoms with Crippen molar-refractivity contribution in [2.45, 2.75) is 66.0 Å². The Morgan fingerprint density at radius 1 is 1.03 bits per heavy atom. The molecule has 1 aliphatic rings. The summed E-state index contributed by atoms with van der Waals surface area (Å²) < 4.78 is 29.7. The molecule has 4 aromatic rings. The summed E-state index contributed by atoms with van der Waals surface area (Å²) in [5, 5.41) is 3.66. The number of alkyl halides is 2. The van der Waals surface area contributed by atoms with Crippen LogP contribution in [0.2, 0.25) is 0 Å². The number of fused-ring (bicyclic) bond motifs is 1. The van der Waals surface area contributed by atoms with E-state index in [1.807, 2.05) is 35.8 Å². The van der Waals surface area contributed by atoms with Crippen molar-refractivity contribution >= 4 is 23.3 Å². The molecule has 0 saturated heterocycles. The van der Waals surface area contributed by atoms with Gasteiger partial charge in [0.15, 0.2) is 23.6 Å². The number of aryl methyl sites for hydroxylation is 1. The van der Waals surface area contributed by atoms with Crippen LogP contribution in [0.5, 0.6) is 0 Å². The average molecular weight is 532 g/mol. The first kappa shape index (κ1) is 26.9. The number of carbonyl (C=O) groups excluding carboxylic acids is 1. The van der Waals surface area contributed by atoms with E-state index in [0.717, 1.165) is 36.5 Å². The van der Waals surface area contributed by atoms with Crippen LogP contribution in [-0.4, -0.2) is 31.8 Å². The van der Waals surface area contributed by atoms with Gasteiger partial charge < -0.3 is 9.88 Å². The fraction of sp³-hybridized carbons (Fsp3) is 0.419. The van der Waals surface area contributed by atoms with Gasteiger partial charge in [-0.15, -0.1) is 0 Å². The van der Waals surface area contributed by atoms with E-state index in [4.69, 9.17) is 4.98 Å². The third kappa shape index (κ3) is 5.42. The number of hydrogen-bond acceptors (Lipinski definition) is 5. The fourth-order valence-corrected chi connectivity index (χ4v) is 5.68. The largest absolute Gasteiger partial charge is 0.365 e. The molecule has 8 heteroatoms. The van der Waals surface area contributed by atoms with Crippen LogP contribution in [0.3, 0.4) is 0 Å². The molecule has 39 heavy (non-hydrogen) atoms. The maximum absolute atomic E-state index is 13.9. The smallest absolute Gasteiger partial charge is 0.270 e. The minimum absolute atomic E-state index is 0.0309. The molecule has 4 atom stereocenters. The van der Waals surface area contributed by atoms with Crippen LogP contribution < -0.4 is 5.32 Å². The lowest BCUT2D eigenvalue weighted by molar-refractivity contribution is 0.0174. The predicted octanol–water partition coefficient (Wildman–Crippen LogP) is 7.26. The highest BCUT2D eigenvalue weighted by Crippen LogP contribution is 2.37. The molecule has 2 aromatic carbocycles. The molecule has 0 amide bonds. The first-order chi connectivity index (χ1) is 18.5. The van der Waals surface area contributed by atoms with E-state index in [0.29, 0.717) is 53.4 Å². The van der Waals surface area contributed by atoms with Gasteiger partial charge in [0.25, 0.3) is 5.92 Å². The van der Waals surface area contributed by atoms with Gasteiger partial charge in [-0.25, -0.2) is 23.7 Å². The lowest BCUT2D eigenvalue weighted by Gasteiger charge is -2.39. The highest BCUT2D eigenvalue weighted by atomic mass is 19.3. The number of benzene rings is 2. The number of carbonyl (C=O) groups is 1. The van der Waals surface area contributed by atoms with Gasteiger partial charge >= 0.3 is 0 Å². The van der Waals surface area contributed by atoms with Gasteiger partial charge in [0, 0.05) is 30.6 Å². The van der Waals surface area contributed by atoms with E-state index in [9.17, 15) is 13.6 Å². The molecular formula is C31H35F2N5O. The molecule has 2 aromatic heterocycles. The van der Waals surface area contributed by atoms with Crippen molar-refractivity contribution in [3.8, 4) is 11.4 Å². The van der Waals surface area contributed by atoms with E-state index in [2.05, 4.69) is 36.1 Å². The summed E-state index contributed by atoms with van der Waals surface area (Å²) in [6.45, 7) is 10.1. The Morgan fingerprint density at radius 3 is 2.44 bits per heavy atom. The number of rotatable bonds is 7. The quantitative estimate of drug-likeness (QED) is 0.254. The molecule has 0 radical (unpaired) electrons. The van der Waals surface area contributed by atoms with Crippen LogP contribution in [0.1, 0.15) is 67.8 Å². The zero-order valence-electron chi connectivity index (χ0n) is 23.1. The first-order valence-corrected chi connectivity index (χ1v) is 13.6. The molecule has 0 bridgehead atoms. The topological polar surface area (TPSA) is 72.7 Å². The van der Waals surface area contributed by atoms with Crippen molar-refractivity contribution in [3.05, 3.63) is 71.0 Å². The minimum atomic E-state index is -2.91. The summed E-state index contributed by atoms with van der Waals surface area (Å²) >= 11 is 0. The summed E-state index contributed by atoms with van der Waals surface area (Å²) in [5.41, 5.74) is 3.91. The third-order valence-electron chi connectivity index (χ3n) is 8.42. The van der Waals surface area contributed by atoms with E-state index in [1.165, 1.54) is 12.1 Å². The SMILES string of the molecule is Cc1cccc(-c2nc3nc(C=O)nc(NC4CCC(C)C(C)C4C)c3n2Cc2ccc(C(C)(F)F)cc2)c1. The summed E-state index contributed by atoms with van der Waals surface area (Å²) in [5.74, 6) is 0.0164. The second-order valence-electron chi connectivity index (χ2n) is 11.2. The number of imidazole rings is 1. The number of nitrogens with zero attached hydrogens (tertiary/aromatic N) is 4. The van der Waals surface area contributed by atoms with Crippen molar-refractivity contribution < 1.29 is 13.6 Å². The number of aldehydes is 1. The van der Waals surface area contributed by atoms with E-state index >= 15 is 0 Å². The zero-order chi connectivity index (χ0) is 27.9. The fourth-order valence-electron chi connectivity index (χ4n) is 5.68. The van der Waals surface area contributed by atoms with E-state index in [1.54, 1.807) is 12.1 Å². The van der Waals surface area contributed by atoms with Gasteiger partial charge in [-0.05, 0) is 49.1 Å². The molecule has 1 fully saturated rings. The minimum Gasteiger partial charge on any atom is -0.365 e. The van der Waals surface area contributed by atoms with Crippen molar-refractivity contribution in [2.75, 3.05) is 5.32 Å². The van der Waals surface area contributed by atoms with Crippen LogP contribution in [0.4, 0.5) is 14.6 Å². The summed E-state index contributed by atoms with van der Waals surface area (Å²) in [4.78, 5) is 25.8. The molecule has 4 unspecified atom stereocenters. The summed E-state index contributed by atoms with van der Waals surface area (Å²) in [7, 11) is 0. The Morgan fingerprint density at radius 2 is 1.77 bits per heavy atom. The van der Waals surface area contributed by atoms with Crippen molar-refractivity contribution in [2.24, 2.45) is 17.8 Å². The van der Waals surface area contributed by atoms with E-state index < -0.39 is 5.92 Å². The Labute approximate surface area is 227 Å². The van der Waals surface area contributed by atoms with Crippen molar-refractivity contribution in [3.63, 3.8) is 0 Å². The van der Waals surface area contributed by atoms with Crippen molar-refractivity contribution in [1.82, 2.24) is 19.5 Å². The second-order valence-corrected chi connectivity index (χ2v) is 11.2. The Balaban J connectivity index is 1.66. The highest BCUT2D eigenvalue weighted by molar-refractivity contribution is 5.89. The van der Waals surface area contributed by atoms with Crippen LogP contribution in [-0.2, 0) is 12.5 Å². The molecule has 0 aliphatic heterocycles.